The molecule has 2 N–H and O–H groups in total. The number of hydrogen-bond acceptors (Lipinski definition) is 4. The first-order valence-corrected chi connectivity index (χ1v) is 8.36. The first-order chi connectivity index (χ1) is 12.4. The molecule has 0 fully saturated rings. The Morgan fingerprint density at radius 2 is 1.88 bits per heavy atom. The van der Waals surface area contributed by atoms with Crippen LogP contribution in [0.4, 0.5) is 5.69 Å². The molecule has 0 aliphatic rings. The molecule has 6 nitrogen and oxygen atoms in total. The third-order valence-electron chi connectivity index (χ3n) is 3.69. The lowest BCUT2D eigenvalue weighted by Gasteiger charge is -2.16. The van der Waals surface area contributed by atoms with Crippen LogP contribution in [0.1, 0.15) is 36.2 Å². The van der Waals surface area contributed by atoms with E-state index in [0.29, 0.717) is 29.2 Å². The van der Waals surface area contributed by atoms with Crippen LogP contribution in [0.2, 0.25) is 0 Å². The Bertz CT molecular complexity index is 786. The maximum Gasteiger partial charge on any atom is 0.335 e. The van der Waals surface area contributed by atoms with Crippen LogP contribution in [-0.2, 0) is 11.2 Å². The molecule has 0 aliphatic heterocycles. The van der Waals surface area contributed by atoms with Crippen molar-refractivity contribution in [1.82, 2.24) is 0 Å². The van der Waals surface area contributed by atoms with Crippen LogP contribution in [0, 0.1) is 0 Å². The number of carbonyl (C=O) groups is 2. The molecule has 0 atom stereocenters. The number of hydrogen-bond donors (Lipinski definition) is 2. The summed E-state index contributed by atoms with van der Waals surface area (Å²) < 4.78 is 10.9. The second-order valence-electron chi connectivity index (χ2n) is 6.04. The first kappa shape index (κ1) is 19.3. The van der Waals surface area contributed by atoms with E-state index in [4.69, 9.17) is 9.47 Å². The molecule has 0 spiro atoms. The lowest BCUT2D eigenvalue weighted by molar-refractivity contribution is -0.116. The number of anilines is 1. The van der Waals surface area contributed by atoms with Crippen molar-refractivity contribution in [3.63, 3.8) is 0 Å². The minimum atomic E-state index is -0.999. The molecule has 6 heteroatoms. The van der Waals surface area contributed by atoms with Gasteiger partial charge in [0, 0.05) is 12.5 Å². The van der Waals surface area contributed by atoms with Crippen molar-refractivity contribution in [3.8, 4) is 11.5 Å². The summed E-state index contributed by atoms with van der Waals surface area (Å²) in [6.45, 7) is 3.80. The summed E-state index contributed by atoms with van der Waals surface area (Å²) in [7, 11) is 1.55. The highest BCUT2D eigenvalue weighted by Crippen LogP contribution is 2.30. The average Bonchev–Trinajstić information content (AvgIpc) is 2.61. The zero-order valence-corrected chi connectivity index (χ0v) is 15.1. The van der Waals surface area contributed by atoms with Gasteiger partial charge in [0.05, 0.1) is 24.5 Å². The van der Waals surface area contributed by atoms with E-state index in [1.807, 2.05) is 13.8 Å². The summed E-state index contributed by atoms with van der Waals surface area (Å²) in [6.07, 6.45) is 0.447. The fraction of sp³-hybridized carbons (Fsp3) is 0.300. The molecule has 26 heavy (non-hydrogen) atoms. The van der Waals surface area contributed by atoms with E-state index in [1.54, 1.807) is 43.5 Å². The molecule has 0 aliphatic carbocycles. The predicted molar refractivity (Wildman–Crippen MR) is 99.1 cm³/mol. The molecule has 2 rings (SSSR count). The lowest BCUT2D eigenvalue weighted by Crippen LogP contribution is -2.15. The van der Waals surface area contributed by atoms with Crippen LogP contribution in [0.5, 0.6) is 11.5 Å². The van der Waals surface area contributed by atoms with Crippen molar-refractivity contribution in [2.75, 3.05) is 12.4 Å². The number of amides is 1. The number of rotatable bonds is 8. The fourth-order valence-corrected chi connectivity index (χ4v) is 2.50. The van der Waals surface area contributed by atoms with Gasteiger partial charge in [-0.05, 0) is 44.0 Å². The molecule has 0 radical (unpaired) electrons. The smallest absolute Gasteiger partial charge is 0.335 e. The molecule has 2 aromatic carbocycles. The van der Waals surface area contributed by atoms with E-state index in [1.165, 1.54) is 6.07 Å². The number of carboxylic acids is 1. The number of carbonyl (C=O) groups excluding carboxylic acids is 1. The number of methoxy groups -OCH3 is 1. The largest absolute Gasteiger partial charge is 0.497 e. The number of carboxylic acid groups (broad SMARTS) is 1. The number of benzene rings is 2. The third kappa shape index (κ3) is 5.24. The van der Waals surface area contributed by atoms with Crippen molar-refractivity contribution in [3.05, 3.63) is 53.6 Å². The van der Waals surface area contributed by atoms with Gasteiger partial charge in [-0.3, -0.25) is 4.79 Å². The molecular formula is C20H23NO5. The maximum atomic E-state index is 12.3. The Kier molecular flexibility index (Phi) is 6.60. The Morgan fingerprint density at radius 1 is 1.15 bits per heavy atom. The van der Waals surface area contributed by atoms with Crippen molar-refractivity contribution in [1.29, 1.82) is 0 Å². The summed E-state index contributed by atoms with van der Waals surface area (Å²) in [5, 5.41) is 12.0. The molecule has 0 bridgehead atoms. The highest BCUT2D eigenvalue weighted by Gasteiger charge is 2.13. The van der Waals surface area contributed by atoms with Crippen LogP contribution in [-0.4, -0.2) is 30.2 Å². The number of nitrogens with one attached hydrogen (secondary N) is 1. The zero-order chi connectivity index (χ0) is 19.1. The molecule has 0 saturated carbocycles. The standard InChI is InChI=1S/C20H23NO5/c1-13(2)26-18-10-9-15(25-3)12-17(18)21-19(22)11-8-14-6-4-5-7-16(14)20(23)24/h4-7,9-10,12-13H,8,11H2,1-3H3,(H,21,22)(H,23,24). The van der Waals surface area contributed by atoms with Gasteiger partial charge in [-0.2, -0.15) is 0 Å². The van der Waals surface area contributed by atoms with Crippen molar-refractivity contribution >= 4 is 17.6 Å². The second-order valence-corrected chi connectivity index (χ2v) is 6.04. The molecule has 0 heterocycles. The lowest BCUT2D eigenvalue weighted by atomic mass is 10.0. The minimum Gasteiger partial charge on any atom is -0.497 e. The molecule has 138 valence electrons. The molecule has 0 aromatic heterocycles. The number of aryl methyl sites for hydroxylation is 1. The van der Waals surface area contributed by atoms with Gasteiger partial charge in [0.1, 0.15) is 11.5 Å². The van der Waals surface area contributed by atoms with E-state index in [0.717, 1.165) is 0 Å². The van der Waals surface area contributed by atoms with E-state index in [-0.39, 0.29) is 24.0 Å². The van der Waals surface area contributed by atoms with Gasteiger partial charge in [-0.1, -0.05) is 18.2 Å². The SMILES string of the molecule is COc1ccc(OC(C)C)c(NC(=O)CCc2ccccc2C(=O)O)c1. The van der Waals surface area contributed by atoms with E-state index < -0.39 is 5.97 Å². The maximum absolute atomic E-state index is 12.3. The van der Waals surface area contributed by atoms with Crippen LogP contribution < -0.4 is 14.8 Å². The second kappa shape index (κ2) is 8.89. The zero-order valence-electron chi connectivity index (χ0n) is 15.1. The molecule has 0 saturated heterocycles. The Hall–Kier alpha value is -3.02. The normalized spacial score (nSPS) is 10.5. The molecule has 1 amide bonds. The van der Waals surface area contributed by atoms with Crippen LogP contribution in [0.3, 0.4) is 0 Å². The number of aromatic carboxylic acids is 1. The quantitative estimate of drug-likeness (QED) is 0.751. The summed E-state index contributed by atoms with van der Waals surface area (Å²) in [4.78, 5) is 23.6. The molecule has 2 aromatic rings. The van der Waals surface area contributed by atoms with Crippen molar-refractivity contribution < 1.29 is 24.2 Å². The summed E-state index contributed by atoms with van der Waals surface area (Å²) in [6, 6.07) is 11.9. The van der Waals surface area contributed by atoms with E-state index in [9.17, 15) is 14.7 Å². The van der Waals surface area contributed by atoms with E-state index in [2.05, 4.69) is 5.32 Å². The first-order valence-electron chi connectivity index (χ1n) is 8.36. The minimum absolute atomic E-state index is 0.0403. The number of ether oxygens (including phenoxy) is 2. The van der Waals surface area contributed by atoms with Gasteiger partial charge < -0.3 is 19.9 Å². The Labute approximate surface area is 152 Å². The van der Waals surface area contributed by atoms with Crippen molar-refractivity contribution in [2.24, 2.45) is 0 Å². The molecular weight excluding hydrogens is 334 g/mol. The van der Waals surface area contributed by atoms with Gasteiger partial charge >= 0.3 is 5.97 Å². The van der Waals surface area contributed by atoms with Gasteiger partial charge in [0.25, 0.3) is 0 Å². The van der Waals surface area contributed by atoms with Crippen LogP contribution in [0.25, 0.3) is 0 Å². The van der Waals surface area contributed by atoms with Crippen LogP contribution in [0.15, 0.2) is 42.5 Å². The van der Waals surface area contributed by atoms with Gasteiger partial charge in [-0.25, -0.2) is 4.79 Å². The predicted octanol–water partition coefficient (Wildman–Crippen LogP) is 3.75. The van der Waals surface area contributed by atoms with Gasteiger partial charge in [0.15, 0.2) is 0 Å². The highest BCUT2D eigenvalue weighted by molar-refractivity contribution is 5.93. The van der Waals surface area contributed by atoms with Gasteiger partial charge in [-0.15, -0.1) is 0 Å². The van der Waals surface area contributed by atoms with Crippen LogP contribution >= 0.6 is 0 Å². The van der Waals surface area contributed by atoms with Gasteiger partial charge in [0.2, 0.25) is 5.91 Å². The third-order valence-corrected chi connectivity index (χ3v) is 3.69. The average molecular weight is 357 g/mol. The summed E-state index contributed by atoms with van der Waals surface area (Å²) in [5.41, 5.74) is 1.36. The Morgan fingerprint density at radius 3 is 2.54 bits per heavy atom. The van der Waals surface area contributed by atoms with E-state index >= 15 is 0 Å². The summed E-state index contributed by atoms with van der Waals surface area (Å²) >= 11 is 0. The molecule has 0 unspecified atom stereocenters. The van der Waals surface area contributed by atoms with Crippen molar-refractivity contribution in [2.45, 2.75) is 32.8 Å². The highest BCUT2D eigenvalue weighted by atomic mass is 16.5. The monoisotopic (exact) mass is 357 g/mol. The Balaban J connectivity index is 2.09. The summed E-state index contributed by atoms with van der Waals surface area (Å²) in [5.74, 6) is -0.0683. The topological polar surface area (TPSA) is 84.9 Å². The fourth-order valence-electron chi connectivity index (χ4n) is 2.50.